The van der Waals surface area contributed by atoms with E-state index in [9.17, 15) is 0 Å². The maximum absolute atomic E-state index is 8.88. The van der Waals surface area contributed by atoms with Crippen molar-refractivity contribution in [1.82, 2.24) is 4.98 Å². The Kier molecular flexibility index (Phi) is 3.67. The normalized spacial score (nSPS) is 10.9. The second-order valence-electron chi connectivity index (χ2n) is 4.51. The van der Waals surface area contributed by atoms with Gasteiger partial charge in [0, 0.05) is 5.56 Å². The molecule has 20 heavy (non-hydrogen) atoms. The van der Waals surface area contributed by atoms with Crippen LogP contribution in [-0.4, -0.2) is 23.3 Å². The molecule has 0 saturated heterocycles. The van der Waals surface area contributed by atoms with Crippen molar-refractivity contribution >= 4 is 21.6 Å². The molecule has 4 heteroatoms. The maximum Gasteiger partial charge on any atom is 0.146 e. The summed E-state index contributed by atoms with van der Waals surface area (Å²) in [4.78, 5) is 4.71. The summed E-state index contributed by atoms with van der Waals surface area (Å²) in [6.07, 6.45) is 0. The van der Waals surface area contributed by atoms with E-state index < -0.39 is 0 Å². The van der Waals surface area contributed by atoms with Crippen LogP contribution in [0, 0.1) is 6.92 Å². The molecular formula is C16H15NO2S. The molecular weight excluding hydrogens is 270 g/mol. The third kappa shape index (κ3) is 2.40. The molecule has 0 radical (unpaired) electrons. The molecule has 0 fully saturated rings. The van der Waals surface area contributed by atoms with Crippen LogP contribution in [0.2, 0.25) is 0 Å². The van der Waals surface area contributed by atoms with Crippen molar-refractivity contribution in [2.75, 3.05) is 13.2 Å². The van der Waals surface area contributed by atoms with Crippen molar-refractivity contribution in [3.63, 3.8) is 0 Å². The number of aliphatic hydroxyl groups is 1. The molecule has 0 aliphatic heterocycles. The number of fused-ring (bicyclic) bond motifs is 1. The Morgan fingerprint density at radius 3 is 2.80 bits per heavy atom. The largest absolute Gasteiger partial charge is 0.489 e. The molecule has 0 saturated carbocycles. The molecule has 3 rings (SSSR count). The monoisotopic (exact) mass is 285 g/mol. The van der Waals surface area contributed by atoms with Crippen LogP contribution in [0.15, 0.2) is 42.5 Å². The zero-order valence-electron chi connectivity index (χ0n) is 11.2. The van der Waals surface area contributed by atoms with Gasteiger partial charge in [-0.05, 0) is 24.6 Å². The van der Waals surface area contributed by atoms with E-state index in [0.717, 1.165) is 26.5 Å². The first kappa shape index (κ1) is 13.1. The molecule has 102 valence electrons. The predicted molar refractivity (Wildman–Crippen MR) is 82.4 cm³/mol. The highest BCUT2D eigenvalue weighted by Crippen LogP contribution is 2.35. The smallest absolute Gasteiger partial charge is 0.146 e. The van der Waals surface area contributed by atoms with Gasteiger partial charge < -0.3 is 9.84 Å². The van der Waals surface area contributed by atoms with E-state index in [1.54, 1.807) is 11.3 Å². The fourth-order valence-electron chi connectivity index (χ4n) is 2.12. The minimum Gasteiger partial charge on any atom is -0.489 e. The molecule has 0 atom stereocenters. The fourth-order valence-corrected chi connectivity index (χ4v) is 3.20. The molecule has 1 aromatic heterocycles. The average Bonchev–Trinajstić information content (AvgIpc) is 2.89. The van der Waals surface area contributed by atoms with Crippen LogP contribution in [0.5, 0.6) is 5.75 Å². The minimum absolute atomic E-state index is 0.00513. The number of benzene rings is 2. The summed E-state index contributed by atoms with van der Waals surface area (Å²) in [5.74, 6) is 0.729. The first-order chi connectivity index (χ1) is 9.79. The number of hydrogen-bond acceptors (Lipinski definition) is 4. The van der Waals surface area contributed by atoms with Crippen molar-refractivity contribution in [2.45, 2.75) is 6.92 Å². The zero-order chi connectivity index (χ0) is 13.9. The Morgan fingerprint density at radius 1 is 1.15 bits per heavy atom. The number of hydrogen-bond donors (Lipinski definition) is 1. The standard InChI is InChI=1S/C16H15NO2S/c1-11-5-2-3-6-12(11)16-17-15-13(19-10-9-18)7-4-8-14(15)20-16/h2-8,18H,9-10H2,1H3. The van der Waals surface area contributed by atoms with Crippen LogP contribution in [0.3, 0.4) is 0 Å². The Balaban J connectivity index is 2.09. The van der Waals surface area contributed by atoms with Crippen LogP contribution in [0.4, 0.5) is 0 Å². The second kappa shape index (κ2) is 5.61. The van der Waals surface area contributed by atoms with E-state index in [1.807, 2.05) is 30.3 Å². The lowest BCUT2D eigenvalue weighted by molar-refractivity contribution is 0.202. The number of ether oxygens (including phenoxy) is 1. The highest BCUT2D eigenvalue weighted by molar-refractivity contribution is 7.21. The van der Waals surface area contributed by atoms with Gasteiger partial charge in [0.25, 0.3) is 0 Å². The Bertz CT molecular complexity index is 736. The zero-order valence-corrected chi connectivity index (χ0v) is 12.0. The summed E-state index contributed by atoms with van der Waals surface area (Å²) >= 11 is 1.66. The quantitative estimate of drug-likeness (QED) is 0.795. The van der Waals surface area contributed by atoms with E-state index in [0.29, 0.717) is 0 Å². The molecule has 1 heterocycles. The molecule has 3 nitrogen and oxygen atoms in total. The Labute approximate surface area is 121 Å². The van der Waals surface area contributed by atoms with Crippen molar-refractivity contribution < 1.29 is 9.84 Å². The van der Waals surface area contributed by atoms with Crippen molar-refractivity contribution in [3.8, 4) is 16.3 Å². The molecule has 0 bridgehead atoms. The minimum atomic E-state index is 0.00513. The third-order valence-corrected chi connectivity index (χ3v) is 4.16. The number of aromatic nitrogens is 1. The van der Waals surface area contributed by atoms with Crippen LogP contribution in [0.1, 0.15) is 5.56 Å². The lowest BCUT2D eigenvalue weighted by Gasteiger charge is -2.03. The SMILES string of the molecule is Cc1ccccc1-c1nc2c(OCCO)cccc2s1. The molecule has 0 aliphatic rings. The number of rotatable bonds is 4. The topological polar surface area (TPSA) is 42.4 Å². The number of para-hydroxylation sites is 1. The molecule has 0 amide bonds. The van der Waals surface area contributed by atoms with Crippen LogP contribution < -0.4 is 4.74 Å². The highest BCUT2D eigenvalue weighted by Gasteiger charge is 2.11. The van der Waals surface area contributed by atoms with E-state index in [2.05, 4.69) is 19.1 Å². The summed E-state index contributed by atoms with van der Waals surface area (Å²) in [7, 11) is 0. The average molecular weight is 285 g/mol. The van der Waals surface area contributed by atoms with Crippen LogP contribution in [0.25, 0.3) is 20.8 Å². The molecule has 2 aromatic carbocycles. The molecule has 3 aromatic rings. The first-order valence-electron chi connectivity index (χ1n) is 6.49. The van der Waals surface area contributed by atoms with E-state index >= 15 is 0 Å². The first-order valence-corrected chi connectivity index (χ1v) is 7.30. The summed E-state index contributed by atoms with van der Waals surface area (Å²) in [6.45, 7) is 2.38. The van der Waals surface area contributed by atoms with Gasteiger partial charge in [-0.3, -0.25) is 0 Å². The number of aliphatic hydroxyl groups excluding tert-OH is 1. The van der Waals surface area contributed by atoms with Gasteiger partial charge in [-0.1, -0.05) is 30.3 Å². The van der Waals surface area contributed by atoms with Gasteiger partial charge in [-0.15, -0.1) is 11.3 Å². The maximum atomic E-state index is 8.88. The number of nitrogens with zero attached hydrogens (tertiary/aromatic N) is 1. The fraction of sp³-hybridized carbons (Fsp3) is 0.188. The van der Waals surface area contributed by atoms with Crippen LogP contribution in [-0.2, 0) is 0 Å². The van der Waals surface area contributed by atoms with E-state index in [-0.39, 0.29) is 13.2 Å². The summed E-state index contributed by atoms with van der Waals surface area (Å²) in [6, 6.07) is 14.1. The number of thiazole rings is 1. The van der Waals surface area contributed by atoms with Gasteiger partial charge >= 0.3 is 0 Å². The van der Waals surface area contributed by atoms with Gasteiger partial charge in [-0.25, -0.2) is 4.98 Å². The highest BCUT2D eigenvalue weighted by atomic mass is 32.1. The summed E-state index contributed by atoms with van der Waals surface area (Å²) in [5.41, 5.74) is 3.23. The number of aryl methyl sites for hydroxylation is 1. The van der Waals surface area contributed by atoms with Crippen molar-refractivity contribution in [2.24, 2.45) is 0 Å². The van der Waals surface area contributed by atoms with E-state index in [4.69, 9.17) is 14.8 Å². The molecule has 0 aliphatic carbocycles. The van der Waals surface area contributed by atoms with Crippen molar-refractivity contribution in [3.05, 3.63) is 48.0 Å². The molecule has 1 N–H and O–H groups in total. The Morgan fingerprint density at radius 2 is 2.00 bits per heavy atom. The van der Waals surface area contributed by atoms with Gasteiger partial charge in [-0.2, -0.15) is 0 Å². The molecule has 0 spiro atoms. The lowest BCUT2D eigenvalue weighted by Crippen LogP contribution is -2.01. The molecule has 0 unspecified atom stereocenters. The second-order valence-corrected chi connectivity index (χ2v) is 5.54. The Hall–Kier alpha value is -1.91. The van der Waals surface area contributed by atoms with Gasteiger partial charge in [0.1, 0.15) is 22.9 Å². The van der Waals surface area contributed by atoms with Crippen LogP contribution >= 0.6 is 11.3 Å². The van der Waals surface area contributed by atoms with Crippen molar-refractivity contribution in [1.29, 1.82) is 0 Å². The van der Waals surface area contributed by atoms with Gasteiger partial charge in [0.2, 0.25) is 0 Å². The predicted octanol–water partition coefficient (Wildman–Crippen LogP) is 3.64. The van der Waals surface area contributed by atoms with Gasteiger partial charge in [0.05, 0.1) is 11.3 Å². The summed E-state index contributed by atoms with van der Waals surface area (Å²) < 4.78 is 6.64. The van der Waals surface area contributed by atoms with E-state index in [1.165, 1.54) is 5.56 Å². The summed E-state index contributed by atoms with van der Waals surface area (Å²) in [5, 5.41) is 9.87. The van der Waals surface area contributed by atoms with Gasteiger partial charge in [0.15, 0.2) is 0 Å². The lowest BCUT2D eigenvalue weighted by atomic mass is 10.1. The third-order valence-electron chi connectivity index (χ3n) is 3.11.